The molecule has 2 aromatic carbocycles. The molecular weight excluding hydrogens is 420 g/mol. The van der Waals surface area contributed by atoms with Crippen molar-refractivity contribution in [3.63, 3.8) is 0 Å². The van der Waals surface area contributed by atoms with E-state index in [1.807, 2.05) is 49.4 Å². The zero-order valence-electron chi connectivity index (χ0n) is 16.1. The SMILES string of the molecule is Cc1ccc(-c2onc3ccc(/C=C4\SC(=S)N(CCCC(=O)O)C4=O)cc23)cc1. The quantitative estimate of drug-likeness (QED) is 0.434. The molecule has 3 aromatic rings. The van der Waals surface area contributed by atoms with Crippen molar-refractivity contribution in [3.8, 4) is 11.3 Å². The van der Waals surface area contributed by atoms with Gasteiger partial charge in [-0.15, -0.1) is 0 Å². The van der Waals surface area contributed by atoms with Gasteiger partial charge in [0.05, 0.1) is 10.3 Å². The number of amides is 1. The largest absolute Gasteiger partial charge is 0.481 e. The topological polar surface area (TPSA) is 83.6 Å². The van der Waals surface area contributed by atoms with Gasteiger partial charge in [-0.2, -0.15) is 0 Å². The molecule has 1 N–H and O–H groups in total. The number of aliphatic carboxylic acids is 1. The lowest BCUT2D eigenvalue weighted by Crippen LogP contribution is -2.29. The van der Waals surface area contributed by atoms with Gasteiger partial charge in [0.25, 0.3) is 5.91 Å². The van der Waals surface area contributed by atoms with Gasteiger partial charge < -0.3 is 9.63 Å². The molecule has 1 aliphatic rings. The highest BCUT2D eigenvalue weighted by molar-refractivity contribution is 8.26. The van der Waals surface area contributed by atoms with Crippen molar-refractivity contribution in [3.05, 3.63) is 58.5 Å². The second-order valence-electron chi connectivity index (χ2n) is 6.98. The maximum absolute atomic E-state index is 12.7. The Labute approximate surface area is 182 Å². The van der Waals surface area contributed by atoms with Crippen molar-refractivity contribution in [2.24, 2.45) is 0 Å². The van der Waals surface area contributed by atoms with Crippen molar-refractivity contribution in [1.29, 1.82) is 0 Å². The molecule has 4 rings (SSSR count). The molecule has 1 fully saturated rings. The predicted molar refractivity (Wildman–Crippen MR) is 121 cm³/mol. The molecule has 2 heterocycles. The fraction of sp³-hybridized carbons (Fsp3) is 0.182. The van der Waals surface area contributed by atoms with E-state index in [4.69, 9.17) is 21.8 Å². The summed E-state index contributed by atoms with van der Waals surface area (Å²) < 4.78 is 6.01. The van der Waals surface area contributed by atoms with Gasteiger partial charge in [0, 0.05) is 18.5 Å². The van der Waals surface area contributed by atoms with Crippen LogP contribution in [0.4, 0.5) is 0 Å². The number of hydrogen-bond acceptors (Lipinski definition) is 6. The van der Waals surface area contributed by atoms with Gasteiger partial charge in [-0.25, -0.2) is 0 Å². The number of thioether (sulfide) groups is 1. The zero-order chi connectivity index (χ0) is 21.3. The van der Waals surface area contributed by atoms with E-state index in [0.717, 1.165) is 27.6 Å². The summed E-state index contributed by atoms with van der Waals surface area (Å²) in [6.45, 7) is 2.33. The molecule has 0 spiro atoms. The van der Waals surface area contributed by atoms with Crippen LogP contribution in [0.5, 0.6) is 0 Å². The van der Waals surface area contributed by atoms with Crippen LogP contribution in [0.25, 0.3) is 28.3 Å². The fourth-order valence-electron chi connectivity index (χ4n) is 3.19. The monoisotopic (exact) mass is 438 g/mol. The van der Waals surface area contributed by atoms with Gasteiger partial charge in [0.15, 0.2) is 5.76 Å². The number of carbonyl (C=O) groups is 2. The maximum Gasteiger partial charge on any atom is 0.303 e. The molecule has 152 valence electrons. The first-order valence-corrected chi connectivity index (χ1v) is 10.6. The summed E-state index contributed by atoms with van der Waals surface area (Å²) in [7, 11) is 0. The average Bonchev–Trinajstić information content (AvgIpc) is 3.24. The van der Waals surface area contributed by atoms with E-state index in [1.54, 1.807) is 6.08 Å². The third-order valence-corrected chi connectivity index (χ3v) is 6.14. The summed E-state index contributed by atoms with van der Waals surface area (Å²) in [5.74, 6) is -0.400. The van der Waals surface area contributed by atoms with Gasteiger partial charge >= 0.3 is 5.97 Å². The third kappa shape index (κ3) is 4.15. The second-order valence-corrected chi connectivity index (χ2v) is 8.66. The molecule has 0 saturated carbocycles. The summed E-state index contributed by atoms with van der Waals surface area (Å²) >= 11 is 6.53. The first kappa shape index (κ1) is 20.3. The van der Waals surface area contributed by atoms with Gasteiger partial charge in [0.2, 0.25) is 0 Å². The maximum atomic E-state index is 12.7. The van der Waals surface area contributed by atoms with Gasteiger partial charge in [-0.05, 0) is 37.1 Å². The van der Waals surface area contributed by atoms with Crippen LogP contribution in [0.15, 0.2) is 51.9 Å². The van der Waals surface area contributed by atoms with Gasteiger partial charge in [-0.1, -0.05) is 65.0 Å². The standard InChI is InChI=1S/C22H18N2O4S2/c1-13-4-7-15(8-5-13)20-16-11-14(6-9-17(16)23-28-20)12-18-21(27)24(22(29)30-18)10-2-3-19(25)26/h4-9,11-12H,2-3,10H2,1H3,(H,25,26)/b18-12-. The van der Waals surface area contributed by atoms with E-state index in [0.29, 0.717) is 28.0 Å². The first-order chi connectivity index (χ1) is 14.4. The molecule has 0 radical (unpaired) electrons. The number of carboxylic acids is 1. The third-order valence-electron chi connectivity index (χ3n) is 4.76. The molecule has 6 nitrogen and oxygen atoms in total. The summed E-state index contributed by atoms with van der Waals surface area (Å²) in [4.78, 5) is 25.4. The molecular formula is C22H18N2O4S2. The fourth-order valence-corrected chi connectivity index (χ4v) is 4.50. The predicted octanol–water partition coefficient (Wildman–Crippen LogP) is 4.87. The Morgan fingerprint density at radius 3 is 2.77 bits per heavy atom. The zero-order valence-corrected chi connectivity index (χ0v) is 17.8. The Morgan fingerprint density at radius 1 is 1.27 bits per heavy atom. The number of aryl methyl sites for hydroxylation is 1. The molecule has 0 atom stereocenters. The van der Waals surface area contributed by atoms with Crippen LogP contribution >= 0.6 is 24.0 Å². The number of nitrogens with zero attached hydrogens (tertiary/aromatic N) is 2. The Hall–Kier alpha value is -2.97. The van der Waals surface area contributed by atoms with Crippen LogP contribution in [-0.2, 0) is 9.59 Å². The van der Waals surface area contributed by atoms with Crippen LogP contribution in [-0.4, -0.2) is 37.9 Å². The summed E-state index contributed by atoms with van der Waals surface area (Å²) in [5.41, 5.74) is 3.67. The number of benzene rings is 2. The smallest absolute Gasteiger partial charge is 0.303 e. The lowest BCUT2D eigenvalue weighted by Gasteiger charge is -2.13. The number of thiocarbonyl (C=S) groups is 1. The van der Waals surface area contributed by atoms with Crippen LogP contribution in [0.2, 0.25) is 0 Å². The van der Waals surface area contributed by atoms with Crippen LogP contribution in [0.1, 0.15) is 24.0 Å². The Bertz CT molecular complexity index is 1180. The van der Waals surface area contributed by atoms with Gasteiger partial charge in [-0.3, -0.25) is 14.5 Å². The Morgan fingerprint density at radius 2 is 2.03 bits per heavy atom. The number of carbonyl (C=O) groups excluding carboxylic acids is 1. The Kier molecular flexibility index (Phi) is 5.69. The highest BCUT2D eigenvalue weighted by Gasteiger charge is 2.31. The van der Waals surface area contributed by atoms with E-state index in [9.17, 15) is 9.59 Å². The summed E-state index contributed by atoms with van der Waals surface area (Å²) in [5, 5.41) is 13.8. The molecule has 0 unspecified atom stereocenters. The van der Waals surface area contributed by atoms with Crippen LogP contribution < -0.4 is 0 Å². The summed E-state index contributed by atoms with van der Waals surface area (Å²) in [6, 6.07) is 13.7. The number of carboxylic acid groups (broad SMARTS) is 1. The number of fused-ring (bicyclic) bond motifs is 1. The van der Waals surface area contributed by atoms with Crippen molar-refractivity contribution in [2.45, 2.75) is 19.8 Å². The van der Waals surface area contributed by atoms with Crippen molar-refractivity contribution in [2.75, 3.05) is 6.54 Å². The van der Waals surface area contributed by atoms with E-state index >= 15 is 0 Å². The van der Waals surface area contributed by atoms with Crippen molar-refractivity contribution < 1.29 is 19.2 Å². The molecule has 1 saturated heterocycles. The van der Waals surface area contributed by atoms with E-state index in [2.05, 4.69) is 5.16 Å². The van der Waals surface area contributed by atoms with E-state index in [1.165, 1.54) is 16.7 Å². The van der Waals surface area contributed by atoms with Crippen molar-refractivity contribution >= 4 is 57.2 Å². The molecule has 30 heavy (non-hydrogen) atoms. The minimum atomic E-state index is -0.887. The number of aromatic nitrogens is 1. The normalized spacial score (nSPS) is 15.5. The van der Waals surface area contributed by atoms with E-state index < -0.39 is 5.97 Å². The highest BCUT2D eigenvalue weighted by atomic mass is 32.2. The van der Waals surface area contributed by atoms with Crippen molar-refractivity contribution in [1.82, 2.24) is 10.1 Å². The number of rotatable bonds is 6. The lowest BCUT2D eigenvalue weighted by molar-refractivity contribution is -0.137. The van der Waals surface area contributed by atoms with Crippen LogP contribution in [0, 0.1) is 6.92 Å². The highest BCUT2D eigenvalue weighted by Crippen LogP contribution is 2.34. The minimum absolute atomic E-state index is 0.00204. The lowest BCUT2D eigenvalue weighted by atomic mass is 10.0. The molecule has 1 aliphatic heterocycles. The molecule has 1 aromatic heterocycles. The molecule has 0 bridgehead atoms. The molecule has 0 aliphatic carbocycles. The molecule has 8 heteroatoms. The second kappa shape index (κ2) is 8.41. The first-order valence-electron chi connectivity index (χ1n) is 9.36. The van der Waals surface area contributed by atoms with Crippen LogP contribution in [0.3, 0.4) is 0 Å². The summed E-state index contributed by atoms with van der Waals surface area (Å²) in [6.07, 6.45) is 2.16. The Balaban J connectivity index is 1.60. The minimum Gasteiger partial charge on any atom is -0.481 e. The van der Waals surface area contributed by atoms with Gasteiger partial charge in [0.1, 0.15) is 9.84 Å². The van der Waals surface area contributed by atoms with E-state index in [-0.39, 0.29) is 12.3 Å². The average molecular weight is 439 g/mol. The number of hydrogen-bond donors (Lipinski definition) is 1. The molecule has 1 amide bonds.